The molecule has 0 unspecified atom stereocenters. The number of halogens is 1. The molecule has 1 aromatic heterocycles. The van der Waals surface area contributed by atoms with Gasteiger partial charge >= 0.3 is 0 Å². The van der Waals surface area contributed by atoms with Crippen molar-refractivity contribution in [1.82, 2.24) is 10.2 Å². The van der Waals surface area contributed by atoms with E-state index < -0.39 is 0 Å². The van der Waals surface area contributed by atoms with Crippen LogP contribution in [0.25, 0.3) is 0 Å². The van der Waals surface area contributed by atoms with E-state index in [-0.39, 0.29) is 17.8 Å². The lowest BCUT2D eigenvalue weighted by Gasteiger charge is -2.24. The fourth-order valence-corrected chi connectivity index (χ4v) is 1.74. The summed E-state index contributed by atoms with van der Waals surface area (Å²) >= 11 is 0. The fourth-order valence-electron chi connectivity index (χ4n) is 1.74. The van der Waals surface area contributed by atoms with Gasteiger partial charge in [0.15, 0.2) is 5.82 Å². The molecule has 0 N–H and O–H groups in total. The topological polar surface area (TPSA) is 29.0 Å². The smallest absolute Gasteiger partial charge is 0.151 e. The third-order valence-electron chi connectivity index (χ3n) is 2.80. The quantitative estimate of drug-likeness (QED) is 0.721. The summed E-state index contributed by atoms with van der Waals surface area (Å²) in [7, 11) is 0. The van der Waals surface area contributed by atoms with E-state index in [2.05, 4.69) is 60.2 Å². The van der Waals surface area contributed by atoms with E-state index in [9.17, 15) is 0 Å². The van der Waals surface area contributed by atoms with Gasteiger partial charge in [0.25, 0.3) is 0 Å². The predicted octanol–water partition coefficient (Wildman–Crippen LogP) is 2.96. The molecular weight excluding hydrogens is 234 g/mol. The first-order chi connectivity index (χ1) is 7.57. The average Bonchev–Trinajstić information content (AvgIpc) is 2.29. The van der Waals surface area contributed by atoms with Gasteiger partial charge in [-0.3, -0.25) is 0 Å². The lowest BCUT2D eigenvalue weighted by Crippen LogP contribution is -2.28. The van der Waals surface area contributed by atoms with E-state index in [0.717, 1.165) is 31.0 Å². The van der Waals surface area contributed by atoms with Gasteiger partial charge in [0, 0.05) is 18.5 Å². The highest BCUT2D eigenvalue weighted by Gasteiger charge is 2.17. The van der Waals surface area contributed by atoms with E-state index in [0.29, 0.717) is 0 Å². The normalized spacial score (nSPS) is 15.6. The Bertz CT molecular complexity index is 379. The van der Waals surface area contributed by atoms with E-state index >= 15 is 0 Å². The Labute approximate surface area is 109 Å². The van der Waals surface area contributed by atoms with Crippen molar-refractivity contribution >= 4 is 18.2 Å². The zero-order valence-electron chi connectivity index (χ0n) is 10.7. The second-order valence-electron chi connectivity index (χ2n) is 5.23. The highest BCUT2D eigenvalue weighted by atomic mass is 35.5. The van der Waals surface area contributed by atoms with Gasteiger partial charge in [-0.25, -0.2) is 0 Å². The summed E-state index contributed by atoms with van der Waals surface area (Å²) in [5.41, 5.74) is 1.12. The molecule has 2 rings (SSSR count). The Hall–Kier alpha value is -1.09. The number of hydrogen-bond acceptors (Lipinski definition) is 3. The Morgan fingerprint density at radius 1 is 1.12 bits per heavy atom. The molecule has 3 nitrogen and oxygen atoms in total. The van der Waals surface area contributed by atoms with Gasteiger partial charge in [0.2, 0.25) is 0 Å². The van der Waals surface area contributed by atoms with Crippen LogP contribution in [0.2, 0.25) is 0 Å². The molecule has 0 amide bonds. The molecule has 0 fully saturated rings. The summed E-state index contributed by atoms with van der Waals surface area (Å²) in [5.74, 6) is 0.984. The average molecular weight is 254 g/mol. The van der Waals surface area contributed by atoms with Crippen LogP contribution >= 0.6 is 12.4 Å². The third kappa shape index (κ3) is 3.43. The van der Waals surface area contributed by atoms with Crippen molar-refractivity contribution in [1.29, 1.82) is 0 Å². The van der Waals surface area contributed by atoms with Crippen molar-refractivity contribution in [2.24, 2.45) is 0 Å². The van der Waals surface area contributed by atoms with Crippen LogP contribution in [0.1, 0.15) is 32.9 Å². The summed E-state index contributed by atoms with van der Waals surface area (Å²) in [6.45, 7) is 8.45. The molecule has 2 heterocycles. The van der Waals surface area contributed by atoms with Crippen LogP contribution in [0.4, 0.5) is 5.82 Å². The van der Waals surface area contributed by atoms with Crippen molar-refractivity contribution in [3.63, 3.8) is 0 Å². The first kappa shape index (κ1) is 14.0. The zero-order valence-corrected chi connectivity index (χ0v) is 11.5. The number of hydrogen-bond donors (Lipinski definition) is 0. The molecule has 0 aromatic carbocycles. The van der Waals surface area contributed by atoms with E-state index in [1.54, 1.807) is 0 Å². The van der Waals surface area contributed by atoms with Crippen LogP contribution in [-0.4, -0.2) is 23.3 Å². The van der Waals surface area contributed by atoms with Crippen molar-refractivity contribution in [2.75, 3.05) is 18.0 Å². The molecule has 0 atom stereocenters. The molecular formula is C13H20ClN3. The molecule has 4 heteroatoms. The van der Waals surface area contributed by atoms with Crippen molar-refractivity contribution < 1.29 is 0 Å². The Kier molecular flexibility index (Phi) is 4.52. The van der Waals surface area contributed by atoms with E-state index in [4.69, 9.17) is 0 Å². The fraction of sp³-hybridized carbons (Fsp3) is 0.538. The molecule has 0 saturated carbocycles. The third-order valence-corrected chi connectivity index (χ3v) is 2.80. The number of rotatable bonds is 1. The summed E-state index contributed by atoms with van der Waals surface area (Å²) in [5, 5.41) is 8.62. The van der Waals surface area contributed by atoms with Gasteiger partial charge < -0.3 is 4.90 Å². The molecule has 1 aliphatic rings. The highest BCUT2D eigenvalue weighted by molar-refractivity contribution is 5.85. The van der Waals surface area contributed by atoms with Crippen LogP contribution in [0, 0.1) is 0 Å². The summed E-state index contributed by atoms with van der Waals surface area (Å²) < 4.78 is 0. The first-order valence-electron chi connectivity index (χ1n) is 5.81. The van der Waals surface area contributed by atoms with Crippen LogP contribution in [0.5, 0.6) is 0 Å². The van der Waals surface area contributed by atoms with E-state index in [1.807, 2.05) is 0 Å². The number of nitrogens with zero attached hydrogens (tertiary/aromatic N) is 3. The summed E-state index contributed by atoms with van der Waals surface area (Å²) in [6, 6.07) is 4.16. The van der Waals surface area contributed by atoms with Crippen LogP contribution in [0.3, 0.4) is 0 Å². The van der Waals surface area contributed by atoms with Gasteiger partial charge in [-0.2, -0.15) is 5.10 Å². The second kappa shape index (κ2) is 5.50. The Morgan fingerprint density at radius 2 is 1.88 bits per heavy atom. The minimum atomic E-state index is 0. The largest absolute Gasteiger partial charge is 0.351 e. The maximum atomic E-state index is 4.31. The molecule has 0 aliphatic carbocycles. The molecule has 17 heavy (non-hydrogen) atoms. The molecule has 0 bridgehead atoms. The van der Waals surface area contributed by atoms with Gasteiger partial charge in [-0.15, -0.1) is 17.5 Å². The Balaban J connectivity index is 0.00000144. The van der Waals surface area contributed by atoms with Crippen molar-refractivity contribution in [3.05, 3.63) is 30.0 Å². The monoisotopic (exact) mass is 253 g/mol. The highest BCUT2D eigenvalue weighted by Crippen LogP contribution is 2.21. The van der Waals surface area contributed by atoms with Gasteiger partial charge in [0.05, 0.1) is 5.69 Å². The van der Waals surface area contributed by atoms with Gasteiger partial charge in [0.1, 0.15) is 0 Å². The Morgan fingerprint density at radius 3 is 2.35 bits per heavy atom. The minimum Gasteiger partial charge on any atom is -0.351 e. The first-order valence-corrected chi connectivity index (χ1v) is 5.81. The van der Waals surface area contributed by atoms with Gasteiger partial charge in [-0.1, -0.05) is 32.9 Å². The molecule has 0 spiro atoms. The molecule has 0 saturated heterocycles. The maximum Gasteiger partial charge on any atom is 0.151 e. The number of aromatic nitrogens is 2. The number of anilines is 1. The summed E-state index contributed by atoms with van der Waals surface area (Å²) in [4.78, 5) is 2.25. The van der Waals surface area contributed by atoms with Crippen molar-refractivity contribution in [2.45, 2.75) is 32.6 Å². The minimum absolute atomic E-state index is 0. The molecule has 1 aliphatic heterocycles. The maximum absolute atomic E-state index is 4.31. The predicted molar refractivity (Wildman–Crippen MR) is 74.0 cm³/mol. The lowest BCUT2D eigenvalue weighted by molar-refractivity contribution is 0.557. The van der Waals surface area contributed by atoms with Crippen LogP contribution in [0.15, 0.2) is 24.3 Å². The van der Waals surface area contributed by atoms with E-state index in [1.165, 1.54) is 0 Å². The molecule has 94 valence electrons. The lowest BCUT2D eigenvalue weighted by atomic mass is 9.92. The zero-order chi connectivity index (χ0) is 11.6. The summed E-state index contributed by atoms with van der Waals surface area (Å²) in [6.07, 6.45) is 5.50. The van der Waals surface area contributed by atoms with Crippen LogP contribution < -0.4 is 4.90 Å². The van der Waals surface area contributed by atoms with Gasteiger partial charge in [-0.05, 0) is 18.6 Å². The molecule has 1 aromatic rings. The van der Waals surface area contributed by atoms with Crippen molar-refractivity contribution in [3.8, 4) is 0 Å². The molecule has 0 radical (unpaired) electrons. The van der Waals surface area contributed by atoms with Crippen LogP contribution in [-0.2, 0) is 5.41 Å². The second-order valence-corrected chi connectivity index (χ2v) is 5.23. The SMILES string of the molecule is CC(C)(C)c1ccc(N2CC=CCC2)nn1.Cl. The standard InChI is InChI=1S/C13H19N3.ClH/c1-13(2,3)11-7-8-12(15-14-11)16-9-5-4-6-10-16;/h4-5,7-8H,6,9-10H2,1-3H3;1H.